The molecule has 2 fully saturated rings. The zero-order valence-corrected chi connectivity index (χ0v) is 17.3. The Kier molecular flexibility index (Phi) is 6.46. The Labute approximate surface area is 171 Å². The Morgan fingerprint density at radius 2 is 1.68 bits per heavy atom. The molecule has 0 bridgehead atoms. The van der Waals surface area contributed by atoms with E-state index in [0.717, 1.165) is 12.0 Å². The minimum absolute atomic E-state index is 0.0345. The number of thioether (sulfide) groups is 1. The molecule has 0 amide bonds. The first kappa shape index (κ1) is 19.6. The van der Waals surface area contributed by atoms with E-state index in [2.05, 4.69) is 0 Å². The van der Waals surface area contributed by atoms with Crippen LogP contribution in [0.15, 0.2) is 45.6 Å². The maximum Gasteiger partial charge on any atom is 0.344 e. The minimum Gasteiger partial charge on any atom is -0.507 e. The van der Waals surface area contributed by atoms with Crippen molar-refractivity contribution in [2.45, 2.75) is 74.7 Å². The lowest BCUT2D eigenvalue weighted by Crippen LogP contribution is -2.18. The van der Waals surface area contributed by atoms with E-state index in [-0.39, 0.29) is 16.6 Å². The van der Waals surface area contributed by atoms with Gasteiger partial charge in [0.15, 0.2) is 0 Å². The van der Waals surface area contributed by atoms with Gasteiger partial charge < -0.3 is 9.52 Å². The molecular weight excluding hydrogens is 368 g/mol. The Balaban J connectivity index is 1.63. The molecule has 2 saturated carbocycles. The molecule has 3 nitrogen and oxygen atoms in total. The van der Waals surface area contributed by atoms with E-state index < -0.39 is 0 Å². The zero-order valence-electron chi connectivity index (χ0n) is 16.4. The summed E-state index contributed by atoms with van der Waals surface area (Å²) in [7, 11) is 0. The van der Waals surface area contributed by atoms with Gasteiger partial charge in [0, 0.05) is 22.1 Å². The molecule has 150 valence electrons. The first-order valence-electron chi connectivity index (χ1n) is 10.8. The van der Waals surface area contributed by atoms with E-state index >= 15 is 0 Å². The van der Waals surface area contributed by atoms with Crippen molar-refractivity contribution in [1.82, 2.24) is 0 Å². The number of hydrogen-bond donors (Lipinski definition) is 1. The van der Waals surface area contributed by atoms with Crippen LogP contribution in [0, 0.1) is 5.92 Å². The molecule has 1 aromatic heterocycles. The quantitative estimate of drug-likeness (QED) is 0.588. The van der Waals surface area contributed by atoms with Crippen LogP contribution < -0.4 is 5.63 Å². The summed E-state index contributed by atoms with van der Waals surface area (Å²) >= 11 is 1.92. The molecular formula is C24H30O3S. The fourth-order valence-corrected chi connectivity index (χ4v) is 6.56. The van der Waals surface area contributed by atoms with Gasteiger partial charge in [0.05, 0.1) is 5.56 Å². The maximum atomic E-state index is 13.0. The SMILES string of the molecule is O=c1oc(-c2ccccc2)cc(O)c1[C@@H](CC1CCCC1)SC1CCCCC1. The number of rotatable bonds is 6. The van der Waals surface area contributed by atoms with Gasteiger partial charge in [-0.15, -0.1) is 11.8 Å². The summed E-state index contributed by atoms with van der Waals surface area (Å²) in [6.07, 6.45) is 12.4. The molecule has 4 rings (SSSR count). The van der Waals surface area contributed by atoms with Crippen molar-refractivity contribution in [3.8, 4) is 17.1 Å². The molecule has 1 heterocycles. The maximum absolute atomic E-state index is 13.0. The first-order chi connectivity index (χ1) is 13.7. The van der Waals surface area contributed by atoms with Gasteiger partial charge in [-0.05, 0) is 25.2 Å². The molecule has 28 heavy (non-hydrogen) atoms. The molecule has 4 heteroatoms. The van der Waals surface area contributed by atoms with E-state index in [9.17, 15) is 9.90 Å². The number of benzene rings is 1. The average molecular weight is 399 g/mol. The van der Waals surface area contributed by atoms with Crippen molar-refractivity contribution < 1.29 is 9.52 Å². The van der Waals surface area contributed by atoms with Gasteiger partial charge in [-0.3, -0.25) is 0 Å². The summed E-state index contributed by atoms with van der Waals surface area (Å²) in [6.45, 7) is 0. The van der Waals surface area contributed by atoms with Crippen LogP contribution >= 0.6 is 11.8 Å². The fourth-order valence-electron chi connectivity index (χ4n) is 4.76. The molecule has 0 unspecified atom stereocenters. The topological polar surface area (TPSA) is 50.4 Å². The van der Waals surface area contributed by atoms with Gasteiger partial charge in [0.1, 0.15) is 11.5 Å². The van der Waals surface area contributed by atoms with Gasteiger partial charge >= 0.3 is 5.63 Å². The van der Waals surface area contributed by atoms with Crippen molar-refractivity contribution >= 4 is 11.8 Å². The van der Waals surface area contributed by atoms with Crippen LogP contribution in [0.5, 0.6) is 5.75 Å². The van der Waals surface area contributed by atoms with Crippen LogP contribution in [0.3, 0.4) is 0 Å². The molecule has 1 aromatic carbocycles. The number of aromatic hydroxyl groups is 1. The normalized spacial score (nSPS) is 19.7. The first-order valence-corrected chi connectivity index (χ1v) is 11.7. The Hall–Kier alpha value is -1.68. The zero-order chi connectivity index (χ0) is 19.3. The summed E-state index contributed by atoms with van der Waals surface area (Å²) in [5.41, 5.74) is 0.932. The Bertz CT molecular complexity index is 817. The second kappa shape index (κ2) is 9.21. The Morgan fingerprint density at radius 3 is 2.36 bits per heavy atom. The molecule has 2 aliphatic carbocycles. The van der Waals surface area contributed by atoms with E-state index in [1.54, 1.807) is 6.07 Å². The van der Waals surface area contributed by atoms with E-state index in [0.29, 0.717) is 22.5 Å². The lowest BCUT2D eigenvalue weighted by atomic mass is 9.97. The van der Waals surface area contributed by atoms with Gasteiger partial charge in [0.25, 0.3) is 0 Å². The highest BCUT2D eigenvalue weighted by atomic mass is 32.2. The van der Waals surface area contributed by atoms with Crippen LogP contribution in [0.4, 0.5) is 0 Å². The van der Waals surface area contributed by atoms with Crippen molar-refractivity contribution in [3.63, 3.8) is 0 Å². The summed E-state index contributed by atoms with van der Waals surface area (Å²) in [4.78, 5) is 13.0. The van der Waals surface area contributed by atoms with E-state index in [4.69, 9.17) is 4.42 Å². The van der Waals surface area contributed by atoms with Crippen LogP contribution in [0.2, 0.25) is 0 Å². The summed E-state index contributed by atoms with van der Waals surface area (Å²) in [6, 6.07) is 11.2. The Morgan fingerprint density at radius 1 is 1.00 bits per heavy atom. The standard InChI is InChI=1S/C24H30O3S/c25-20-16-21(18-11-3-1-4-12-18)27-24(26)23(20)22(15-17-9-7-8-10-17)28-19-13-5-2-6-14-19/h1,3-4,11-12,16-17,19,22,25H,2,5-10,13-15H2/t22-/m1/s1. The summed E-state index contributed by atoms with van der Waals surface area (Å²) in [5, 5.41) is 11.5. The van der Waals surface area contributed by atoms with Crippen LogP contribution in [-0.2, 0) is 0 Å². The third-order valence-electron chi connectivity index (χ3n) is 6.28. The van der Waals surface area contributed by atoms with Crippen molar-refractivity contribution in [2.75, 3.05) is 0 Å². The fraction of sp³-hybridized carbons (Fsp3) is 0.542. The van der Waals surface area contributed by atoms with Crippen LogP contribution in [-0.4, -0.2) is 10.4 Å². The lowest BCUT2D eigenvalue weighted by molar-refractivity contribution is 0.425. The molecule has 0 spiro atoms. The van der Waals surface area contributed by atoms with E-state index in [1.807, 2.05) is 42.1 Å². The largest absolute Gasteiger partial charge is 0.507 e. The predicted molar refractivity (Wildman–Crippen MR) is 116 cm³/mol. The second-order valence-corrected chi connectivity index (χ2v) is 9.84. The minimum atomic E-state index is -0.370. The molecule has 0 radical (unpaired) electrons. The lowest BCUT2D eigenvalue weighted by Gasteiger charge is -2.28. The third-order valence-corrected chi connectivity index (χ3v) is 7.89. The number of hydrogen-bond acceptors (Lipinski definition) is 4. The van der Waals surface area contributed by atoms with E-state index in [1.165, 1.54) is 57.8 Å². The summed E-state index contributed by atoms with van der Waals surface area (Å²) in [5.74, 6) is 1.20. The molecule has 0 aliphatic heterocycles. The second-order valence-electron chi connectivity index (χ2n) is 8.33. The van der Waals surface area contributed by atoms with Crippen molar-refractivity contribution in [1.29, 1.82) is 0 Å². The third kappa shape index (κ3) is 4.65. The highest BCUT2D eigenvalue weighted by molar-refractivity contribution is 8.00. The van der Waals surface area contributed by atoms with Crippen LogP contribution in [0.1, 0.15) is 75.0 Å². The summed E-state index contributed by atoms with van der Waals surface area (Å²) < 4.78 is 5.68. The van der Waals surface area contributed by atoms with Crippen LogP contribution in [0.25, 0.3) is 11.3 Å². The van der Waals surface area contributed by atoms with Gasteiger partial charge in [-0.25, -0.2) is 4.79 Å². The molecule has 2 aromatic rings. The molecule has 0 saturated heterocycles. The molecule has 2 aliphatic rings. The average Bonchev–Trinajstić information content (AvgIpc) is 3.22. The smallest absolute Gasteiger partial charge is 0.344 e. The van der Waals surface area contributed by atoms with Gasteiger partial charge in [-0.1, -0.05) is 75.3 Å². The monoisotopic (exact) mass is 398 g/mol. The van der Waals surface area contributed by atoms with Crippen molar-refractivity contribution in [2.24, 2.45) is 5.92 Å². The highest BCUT2D eigenvalue weighted by Gasteiger charge is 2.30. The van der Waals surface area contributed by atoms with Gasteiger partial charge in [-0.2, -0.15) is 0 Å². The van der Waals surface area contributed by atoms with Gasteiger partial charge in [0.2, 0.25) is 0 Å². The molecule has 1 N–H and O–H groups in total. The predicted octanol–water partition coefficient (Wildman–Crippen LogP) is 6.70. The molecule has 1 atom stereocenters. The highest BCUT2D eigenvalue weighted by Crippen LogP contribution is 2.46. The van der Waals surface area contributed by atoms with Crippen molar-refractivity contribution in [3.05, 3.63) is 52.4 Å².